The van der Waals surface area contributed by atoms with Gasteiger partial charge in [0.05, 0.1) is 107 Å². The van der Waals surface area contributed by atoms with Crippen molar-refractivity contribution >= 4 is 11.9 Å². The summed E-state index contributed by atoms with van der Waals surface area (Å²) in [5.74, 6) is -5.41. The van der Waals surface area contributed by atoms with Crippen molar-refractivity contribution in [3.8, 4) is 0 Å². The predicted octanol–water partition coefficient (Wildman–Crippen LogP) is 4.30. The van der Waals surface area contributed by atoms with Crippen LogP contribution in [0.4, 0.5) is 0 Å². The minimum Gasteiger partial charge on any atom is -0.459 e. The summed E-state index contributed by atoms with van der Waals surface area (Å²) in [5, 5.41) is 92.8. The molecule has 8 aliphatic rings. The summed E-state index contributed by atoms with van der Waals surface area (Å²) in [7, 11) is 4.84. The van der Waals surface area contributed by atoms with Crippen LogP contribution in [0.5, 0.6) is 0 Å². The molecule has 0 spiro atoms. The largest absolute Gasteiger partial charge is 0.459 e. The summed E-state index contributed by atoms with van der Waals surface area (Å²) in [6.45, 7) is 36.3. The van der Waals surface area contributed by atoms with Crippen LogP contribution in [0, 0.1) is 47.3 Å². The highest BCUT2D eigenvalue weighted by Gasteiger charge is 2.62. The number of aliphatic hydroxyl groups excluding tert-OH is 6. The lowest BCUT2D eigenvalue weighted by atomic mass is 9.76. The maximum absolute atomic E-state index is 14.2. The van der Waals surface area contributed by atoms with E-state index < -0.39 is 210 Å². The Kier molecular flexibility index (Phi) is 27.3. The van der Waals surface area contributed by atoms with E-state index >= 15 is 0 Å². The van der Waals surface area contributed by atoms with Crippen molar-refractivity contribution in [2.24, 2.45) is 53.1 Å². The average Bonchev–Trinajstić information content (AvgIpc) is 1.64. The highest BCUT2D eigenvalue weighted by molar-refractivity contribution is 5.73. The van der Waals surface area contributed by atoms with Gasteiger partial charge in [-0.25, -0.2) is 0 Å². The SMILES string of the molecule is CC[C@@H](O)[C@@](C)(O)[C@@H]1OC(=O)[C@H](C)[C@@H](O[C@H]2CC(C)(OC)[C@@H](O)C(C)O2)[C@H](C)[C@@H](O[C@@H]2OC(C)CC(N)C2O)[C@]2(C)CC(C)C(O2)[C@@H]1C.CC[C@@H](O)[C@@](C)(O)[C@@H]1OC(=O)[C@H](C)[C@@H](O[C@H]2CC(C)(OC)[C@@H](O)C(C)O2)[C@H](C)[C@@H](O[C@@H]2OC(C)CC(NC)C2O)[C@@]2(C)CC(C)C(O2)[C@@H]1C. The number of ether oxygens (including phenoxy) is 14. The highest BCUT2D eigenvalue weighted by atomic mass is 16.7. The van der Waals surface area contributed by atoms with Crippen LogP contribution in [0.3, 0.4) is 0 Å². The fraction of sp³-hybridized carbons (Fsp3) is 0.972. The van der Waals surface area contributed by atoms with Crippen LogP contribution in [0.1, 0.15) is 190 Å². The van der Waals surface area contributed by atoms with Crippen molar-refractivity contribution in [1.29, 1.82) is 0 Å². The molecule has 8 heterocycles. The topological polar surface area (TPSA) is 363 Å². The second kappa shape index (κ2) is 32.2. The first kappa shape index (κ1) is 82.3. The molecule has 0 aliphatic carbocycles. The summed E-state index contributed by atoms with van der Waals surface area (Å²) >= 11 is 0. The third kappa shape index (κ3) is 17.1. The lowest BCUT2D eigenvalue weighted by Crippen LogP contribution is -2.60. The number of nitrogens with two attached hydrogens (primary N) is 1. The molecular weight excluding hydrogens is 1260 g/mol. The molecule has 0 radical (unpaired) electrons. The fourth-order valence-electron chi connectivity index (χ4n) is 17.7. The molecule has 11 N–H and O–H groups in total. The zero-order valence-electron chi connectivity index (χ0n) is 62.3. The number of carbonyl (C=O) groups excluding carboxylic acids is 2. The Hall–Kier alpha value is -1.94. The van der Waals surface area contributed by atoms with E-state index in [0.717, 1.165) is 0 Å². The Morgan fingerprint density at radius 3 is 1.27 bits per heavy atom. The fourth-order valence-corrected chi connectivity index (χ4v) is 17.7. The predicted molar refractivity (Wildman–Crippen MR) is 354 cm³/mol. The van der Waals surface area contributed by atoms with Gasteiger partial charge in [-0.05, 0) is 140 Å². The van der Waals surface area contributed by atoms with Crippen molar-refractivity contribution in [1.82, 2.24) is 5.32 Å². The Labute approximate surface area is 576 Å². The van der Waals surface area contributed by atoms with E-state index in [2.05, 4.69) is 12.2 Å². The zero-order chi connectivity index (χ0) is 72.9. The standard InChI is InChI=1S/C36H65NO12.C35H63NO12/c1-13-24(38)36(10,42)31-19(4)27-17(2)15-35(9,49-27)30(48-33-26(39)23(37-11)14-18(3)44-33)20(5)28(21(6)32(41)47-31)46-25-16-34(8,43-12)29(40)22(7)45-25;1-12-23(37)35(10,41)30-18(4)26-16(2)14-34(9,48-26)29(47-32-25(38)22(36)13-17(3)43-32)19(5)27(20(6)31(40)46-30)45-24-15-33(8,42-11)28(39)21(7)44-24/h17-31,33,37-40,42H,13-16H2,1-12H3;16-30,32,37-39,41H,12-15,36H2,1-11H3/t17?,18?,19-,20-,21+,22?,23?,24+,25-,26?,27?,28-,29-,30+,31+,33-,34?,35+,36+;16?,17?,18-,19-,20+,21?,22?,23+,24-,25?,26?,27-,28-,29+,30+,32-,33?,34-,35+/m00/s1. The van der Waals surface area contributed by atoms with Gasteiger partial charge in [0, 0.05) is 62.8 Å². The number of aliphatic hydroxyl groups is 8. The van der Waals surface area contributed by atoms with Gasteiger partial charge in [-0.15, -0.1) is 0 Å². The van der Waals surface area contributed by atoms with Crippen molar-refractivity contribution < 1.29 is 117 Å². The van der Waals surface area contributed by atoms with E-state index in [4.69, 9.17) is 72.0 Å². The summed E-state index contributed by atoms with van der Waals surface area (Å²) in [4.78, 5) is 28.4. The number of likely N-dealkylation sites (N-methyl/N-ethyl adjacent to an activating group) is 1. The van der Waals surface area contributed by atoms with Crippen LogP contribution in [-0.2, 0) is 75.9 Å². The van der Waals surface area contributed by atoms with Crippen LogP contribution >= 0.6 is 0 Å². The monoisotopic (exact) mass is 1390 g/mol. The third-order valence-corrected chi connectivity index (χ3v) is 23.9. The first-order valence-electron chi connectivity index (χ1n) is 36.0. The molecule has 0 aromatic heterocycles. The molecule has 0 saturated carbocycles. The molecule has 26 nitrogen and oxygen atoms in total. The molecule has 26 heteroatoms. The molecule has 8 aliphatic heterocycles. The minimum atomic E-state index is -1.79. The maximum Gasteiger partial charge on any atom is 0.311 e. The number of methoxy groups -OCH3 is 2. The summed E-state index contributed by atoms with van der Waals surface area (Å²) in [6.07, 6.45) is -15.3. The van der Waals surface area contributed by atoms with Crippen LogP contribution < -0.4 is 11.1 Å². The maximum atomic E-state index is 14.2. The van der Waals surface area contributed by atoms with Crippen molar-refractivity contribution in [3.05, 3.63) is 0 Å². The first-order valence-corrected chi connectivity index (χ1v) is 36.0. The number of fused-ring (bicyclic) bond motifs is 4. The van der Waals surface area contributed by atoms with Crippen LogP contribution in [-0.4, -0.2) is 255 Å². The average molecular weight is 1390 g/mol. The van der Waals surface area contributed by atoms with Crippen molar-refractivity contribution in [3.63, 3.8) is 0 Å². The van der Waals surface area contributed by atoms with Crippen LogP contribution in [0.2, 0.25) is 0 Å². The van der Waals surface area contributed by atoms with Gasteiger partial charge in [0.1, 0.15) is 47.8 Å². The Morgan fingerprint density at radius 1 is 0.557 bits per heavy atom. The number of carbonyl (C=O) groups is 2. The molecular formula is C71H128N2O24. The summed E-state index contributed by atoms with van der Waals surface area (Å²) in [5.41, 5.74) is -1.17. The highest BCUT2D eigenvalue weighted by Crippen LogP contribution is 2.51. The zero-order valence-corrected chi connectivity index (χ0v) is 62.3. The van der Waals surface area contributed by atoms with Crippen LogP contribution in [0.25, 0.3) is 0 Å². The molecule has 0 aromatic carbocycles. The van der Waals surface area contributed by atoms with Gasteiger partial charge < -0.3 is 118 Å². The van der Waals surface area contributed by atoms with Gasteiger partial charge in [0.15, 0.2) is 25.2 Å². The molecule has 97 heavy (non-hydrogen) atoms. The summed E-state index contributed by atoms with van der Waals surface area (Å²) < 4.78 is 89.4. The van der Waals surface area contributed by atoms with Crippen molar-refractivity contribution in [2.75, 3.05) is 21.3 Å². The molecule has 8 saturated heterocycles. The lowest BCUT2D eigenvalue weighted by Gasteiger charge is -2.48. The number of nitrogens with one attached hydrogen (secondary N) is 1. The van der Waals surface area contributed by atoms with E-state index in [1.165, 1.54) is 28.1 Å². The van der Waals surface area contributed by atoms with Gasteiger partial charge in [-0.2, -0.15) is 0 Å². The lowest BCUT2D eigenvalue weighted by molar-refractivity contribution is -0.316. The minimum absolute atomic E-state index is 0.0575. The molecule has 566 valence electrons. The van der Waals surface area contributed by atoms with Gasteiger partial charge in [-0.3, -0.25) is 9.59 Å². The number of rotatable bonds is 17. The number of hydrogen-bond donors (Lipinski definition) is 10. The molecule has 0 amide bonds. The van der Waals surface area contributed by atoms with E-state index in [1.807, 2.05) is 62.3 Å². The van der Waals surface area contributed by atoms with Gasteiger partial charge >= 0.3 is 11.9 Å². The Balaban J connectivity index is 0.000000273. The number of hydrogen-bond acceptors (Lipinski definition) is 26. The Morgan fingerprint density at radius 2 is 0.918 bits per heavy atom. The van der Waals surface area contributed by atoms with E-state index in [9.17, 15) is 50.4 Å². The normalized spacial score (nSPS) is 50.6. The smallest absolute Gasteiger partial charge is 0.311 e. The third-order valence-electron chi connectivity index (χ3n) is 23.9. The molecule has 38 atom stereocenters. The number of esters is 2. The molecule has 0 aromatic rings. The molecule has 4 bridgehead atoms. The molecule has 8 rings (SSSR count). The van der Waals surface area contributed by atoms with Gasteiger partial charge in [0.25, 0.3) is 0 Å². The van der Waals surface area contributed by atoms with E-state index in [1.54, 1.807) is 62.4 Å². The quantitative estimate of drug-likeness (QED) is 0.0907. The second-order valence-corrected chi connectivity index (χ2v) is 32.0. The molecule has 8 fully saturated rings. The van der Waals surface area contributed by atoms with Gasteiger partial charge in [0.2, 0.25) is 0 Å². The number of cyclic esters (lactones) is 2. The van der Waals surface area contributed by atoms with Crippen LogP contribution in [0.15, 0.2) is 0 Å². The second-order valence-electron chi connectivity index (χ2n) is 32.0. The van der Waals surface area contributed by atoms with E-state index in [0.29, 0.717) is 25.7 Å². The van der Waals surface area contributed by atoms with Crippen molar-refractivity contribution in [2.45, 2.75) is 371 Å². The first-order chi connectivity index (χ1) is 44.9. The van der Waals surface area contributed by atoms with E-state index in [-0.39, 0.29) is 55.8 Å². The van der Waals surface area contributed by atoms with Gasteiger partial charge in [-0.1, -0.05) is 55.4 Å². The molecule has 14 unspecified atom stereocenters. The summed E-state index contributed by atoms with van der Waals surface area (Å²) in [6, 6.07) is -0.829. The Bertz CT molecular complexity index is 2540.